The highest BCUT2D eigenvalue weighted by atomic mass is 16.5. The molecule has 0 spiro atoms. The van der Waals surface area contributed by atoms with E-state index in [0.29, 0.717) is 6.61 Å². The van der Waals surface area contributed by atoms with Gasteiger partial charge in [0.2, 0.25) is 0 Å². The number of aromatic amines is 1. The van der Waals surface area contributed by atoms with Gasteiger partial charge in [-0.1, -0.05) is 36.5 Å². The molecule has 2 atom stereocenters. The minimum atomic E-state index is -0.406. The second kappa shape index (κ2) is 5.24. The number of benzene rings is 1. The summed E-state index contributed by atoms with van der Waals surface area (Å²) >= 11 is 0. The van der Waals surface area contributed by atoms with Crippen LogP contribution in [0, 0.1) is 0 Å². The molecule has 2 aliphatic heterocycles. The van der Waals surface area contributed by atoms with Crippen LogP contribution in [0.3, 0.4) is 0 Å². The van der Waals surface area contributed by atoms with Crippen molar-refractivity contribution in [1.82, 2.24) is 10.3 Å². The summed E-state index contributed by atoms with van der Waals surface area (Å²) in [6.45, 7) is 2.50. The molecule has 0 bridgehead atoms. The van der Waals surface area contributed by atoms with Crippen LogP contribution in [0.5, 0.6) is 0 Å². The number of hydrogen-bond donors (Lipinski definition) is 3. The standard InChI is InChI=1S/C22H19N3O2/c1-2-27-22-18-16-12-8-4-6-10-14(12)24-20(16)19-15(17(18)21(26)25-22)11-7-3-5-9-13(11)23-19/h3-6,8-10,14,22-24H,2,7H2,1H3,(H,25,26). The molecule has 2 aromatic rings. The molecule has 134 valence electrons. The molecule has 0 fully saturated rings. The van der Waals surface area contributed by atoms with Crippen LogP contribution in [0.15, 0.2) is 36.5 Å². The lowest BCUT2D eigenvalue weighted by molar-refractivity contribution is 0.0414. The molecule has 5 heteroatoms. The van der Waals surface area contributed by atoms with Gasteiger partial charge in [0.25, 0.3) is 5.91 Å². The molecule has 2 unspecified atom stereocenters. The molecule has 1 amide bonds. The van der Waals surface area contributed by atoms with Gasteiger partial charge in [-0.15, -0.1) is 0 Å². The fraction of sp³-hybridized carbons (Fsp3) is 0.227. The zero-order chi connectivity index (χ0) is 18.1. The first-order valence-electron chi connectivity index (χ1n) is 9.43. The average Bonchev–Trinajstić information content (AvgIpc) is 3.33. The molecule has 0 radical (unpaired) electrons. The Kier molecular flexibility index (Phi) is 2.92. The van der Waals surface area contributed by atoms with Crippen LogP contribution in [0.4, 0.5) is 5.69 Å². The van der Waals surface area contributed by atoms with Crippen molar-refractivity contribution in [1.29, 1.82) is 0 Å². The molecule has 1 aromatic heterocycles. The Labute approximate surface area is 155 Å². The highest BCUT2D eigenvalue weighted by Crippen LogP contribution is 2.38. The van der Waals surface area contributed by atoms with E-state index in [1.54, 1.807) is 0 Å². The Balaban J connectivity index is 1.82. The zero-order valence-electron chi connectivity index (χ0n) is 14.9. The summed E-state index contributed by atoms with van der Waals surface area (Å²) in [6.07, 6.45) is 15.1. The Morgan fingerprint density at radius 3 is 3.04 bits per heavy atom. The van der Waals surface area contributed by atoms with Crippen molar-refractivity contribution in [2.24, 2.45) is 0 Å². The molecule has 27 heavy (non-hydrogen) atoms. The minimum absolute atomic E-state index is 0.0491. The third-order valence-electron chi connectivity index (χ3n) is 5.84. The van der Waals surface area contributed by atoms with E-state index < -0.39 is 6.23 Å². The predicted octanol–water partition coefficient (Wildman–Crippen LogP) is 1.91. The number of allylic oxidation sites excluding steroid dienone is 4. The molecule has 0 saturated carbocycles. The number of H-pyrrole nitrogens is 1. The summed E-state index contributed by atoms with van der Waals surface area (Å²) in [5, 5.41) is 9.92. The van der Waals surface area contributed by atoms with Gasteiger partial charge in [-0.2, -0.15) is 0 Å². The highest BCUT2D eigenvalue weighted by Gasteiger charge is 2.38. The predicted molar refractivity (Wildman–Crippen MR) is 106 cm³/mol. The molecule has 3 heterocycles. The van der Waals surface area contributed by atoms with Crippen LogP contribution >= 0.6 is 0 Å². The first kappa shape index (κ1) is 15.1. The lowest BCUT2D eigenvalue weighted by Gasteiger charge is -2.13. The number of fused-ring (bicyclic) bond motifs is 9. The van der Waals surface area contributed by atoms with Gasteiger partial charge < -0.3 is 20.4 Å². The van der Waals surface area contributed by atoms with Gasteiger partial charge in [-0.25, -0.2) is 0 Å². The van der Waals surface area contributed by atoms with Gasteiger partial charge in [0, 0.05) is 28.1 Å². The molecule has 4 aliphatic rings. The summed E-state index contributed by atoms with van der Waals surface area (Å²) in [4.78, 5) is 16.6. The van der Waals surface area contributed by atoms with E-state index in [1.807, 2.05) is 6.92 Å². The summed E-state index contributed by atoms with van der Waals surface area (Å²) in [6, 6.07) is 0.125. The van der Waals surface area contributed by atoms with Crippen molar-refractivity contribution in [3.8, 4) is 0 Å². The first-order valence-corrected chi connectivity index (χ1v) is 9.43. The summed E-state index contributed by atoms with van der Waals surface area (Å²) in [5.41, 5.74) is 6.22. The van der Waals surface area contributed by atoms with Crippen molar-refractivity contribution in [2.75, 3.05) is 11.9 Å². The number of anilines is 1. The molecule has 5 nitrogen and oxygen atoms in total. The van der Waals surface area contributed by atoms with Crippen molar-refractivity contribution in [2.45, 2.75) is 25.6 Å². The van der Waals surface area contributed by atoms with E-state index in [4.69, 9.17) is 4.74 Å². The molecule has 1 aromatic carbocycles. The largest absolute Gasteiger partial charge is 0.372 e. The number of aromatic nitrogens is 1. The highest BCUT2D eigenvalue weighted by molar-refractivity contribution is 6.15. The smallest absolute Gasteiger partial charge is 0.254 e. The summed E-state index contributed by atoms with van der Waals surface area (Å²) in [5.74, 6) is -0.0491. The number of hydrogen-bond acceptors (Lipinski definition) is 3. The maximum atomic E-state index is 13.0. The maximum Gasteiger partial charge on any atom is 0.254 e. The van der Waals surface area contributed by atoms with Gasteiger partial charge in [0.05, 0.1) is 22.8 Å². The van der Waals surface area contributed by atoms with E-state index >= 15 is 0 Å². The van der Waals surface area contributed by atoms with Crippen molar-refractivity contribution >= 4 is 34.1 Å². The lowest BCUT2D eigenvalue weighted by atomic mass is 9.93. The maximum absolute atomic E-state index is 13.0. The SMILES string of the molecule is CCOC1NC(=O)c2c1c1c(c3[nH]c4c(c23)CC=CC=4)NC2C=CC=CC=12. The Hall–Kier alpha value is -3.05. The number of carbonyl (C=O) groups excluding carboxylic acids is 1. The normalized spacial score (nSPS) is 23.6. The van der Waals surface area contributed by atoms with Crippen LogP contribution in [0.1, 0.15) is 34.6 Å². The minimum Gasteiger partial charge on any atom is -0.372 e. The quantitative estimate of drug-likeness (QED) is 0.769. The van der Waals surface area contributed by atoms with Gasteiger partial charge in [-0.05, 0) is 30.6 Å². The van der Waals surface area contributed by atoms with Gasteiger partial charge in [0.15, 0.2) is 6.23 Å². The van der Waals surface area contributed by atoms with Crippen LogP contribution in [-0.2, 0) is 11.2 Å². The summed E-state index contributed by atoms with van der Waals surface area (Å²) < 4.78 is 5.93. The van der Waals surface area contributed by atoms with Crippen molar-refractivity contribution < 1.29 is 9.53 Å². The third-order valence-corrected chi connectivity index (χ3v) is 5.84. The molecular weight excluding hydrogens is 338 g/mol. The van der Waals surface area contributed by atoms with Crippen LogP contribution < -0.4 is 21.2 Å². The van der Waals surface area contributed by atoms with Crippen molar-refractivity contribution in [3.05, 3.63) is 63.7 Å². The number of carbonyl (C=O) groups is 1. The number of amides is 1. The van der Waals surface area contributed by atoms with E-state index in [2.05, 4.69) is 58.1 Å². The van der Waals surface area contributed by atoms with Gasteiger partial charge >= 0.3 is 0 Å². The monoisotopic (exact) mass is 357 g/mol. The topological polar surface area (TPSA) is 66.1 Å². The molecule has 2 aliphatic carbocycles. The van der Waals surface area contributed by atoms with E-state index in [1.165, 1.54) is 11.1 Å². The van der Waals surface area contributed by atoms with Crippen LogP contribution in [0.25, 0.3) is 22.6 Å². The second-order valence-corrected chi connectivity index (χ2v) is 7.24. The van der Waals surface area contributed by atoms with E-state index in [0.717, 1.165) is 44.7 Å². The zero-order valence-corrected chi connectivity index (χ0v) is 14.9. The Morgan fingerprint density at radius 1 is 1.22 bits per heavy atom. The number of nitrogens with one attached hydrogen (secondary N) is 3. The molecular formula is C22H19N3O2. The van der Waals surface area contributed by atoms with Gasteiger partial charge in [0.1, 0.15) is 0 Å². The first-order chi connectivity index (χ1) is 13.3. The molecule has 3 N–H and O–H groups in total. The Bertz CT molecular complexity index is 1240. The van der Waals surface area contributed by atoms with E-state index in [9.17, 15) is 4.79 Å². The van der Waals surface area contributed by atoms with Gasteiger partial charge in [-0.3, -0.25) is 4.79 Å². The number of ether oxygens (including phenoxy) is 1. The average molecular weight is 357 g/mol. The molecule has 0 saturated heterocycles. The number of rotatable bonds is 2. The fourth-order valence-corrected chi connectivity index (χ4v) is 4.80. The van der Waals surface area contributed by atoms with Crippen molar-refractivity contribution in [3.63, 3.8) is 0 Å². The molecule has 6 rings (SSSR count). The van der Waals surface area contributed by atoms with Crippen LogP contribution in [-0.4, -0.2) is 23.5 Å². The Morgan fingerprint density at radius 2 is 2.15 bits per heavy atom. The second-order valence-electron chi connectivity index (χ2n) is 7.24. The fourth-order valence-electron chi connectivity index (χ4n) is 4.80. The van der Waals surface area contributed by atoms with Crippen LogP contribution in [0.2, 0.25) is 0 Å². The lowest BCUT2D eigenvalue weighted by Crippen LogP contribution is -2.24. The van der Waals surface area contributed by atoms with E-state index in [-0.39, 0.29) is 11.9 Å². The summed E-state index contributed by atoms with van der Waals surface area (Å²) in [7, 11) is 0. The third kappa shape index (κ3) is 1.84.